The minimum atomic E-state index is 0.00621. The fraction of sp³-hybridized carbons (Fsp3) is 0.455. The third-order valence-electron chi connectivity index (χ3n) is 6.48. The number of benzene rings is 1. The fourth-order valence-corrected chi connectivity index (χ4v) is 6.18. The Kier molecular flexibility index (Phi) is 4.58. The van der Waals surface area contributed by atoms with E-state index >= 15 is 0 Å². The van der Waals surface area contributed by atoms with Crippen LogP contribution in [0, 0.1) is 5.92 Å². The molecule has 1 aromatic carbocycles. The minimum Gasteiger partial charge on any atom is -0.326 e. The summed E-state index contributed by atoms with van der Waals surface area (Å²) < 4.78 is 0. The van der Waals surface area contributed by atoms with Gasteiger partial charge in [-0.15, -0.1) is 11.3 Å². The van der Waals surface area contributed by atoms with Gasteiger partial charge in [-0.05, 0) is 37.7 Å². The molecule has 0 amide bonds. The summed E-state index contributed by atoms with van der Waals surface area (Å²) in [5.41, 5.74) is 2.08. The zero-order chi connectivity index (χ0) is 18.2. The highest BCUT2D eigenvalue weighted by Crippen LogP contribution is 2.31. The van der Waals surface area contributed by atoms with Crippen molar-refractivity contribution in [3.05, 3.63) is 51.9 Å². The number of piperidine rings is 1. The Morgan fingerprint density at radius 2 is 1.93 bits per heavy atom. The van der Waals surface area contributed by atoms with Gasteiger partial charge in [0.15, 0.2) is 5.82 Å². The maximum atomic E-state index is 12.9. The van der Waals surface area contributed by atoms with E-state index in [9.17, 15) is 4.79 Å². The van der Waals surface area contributed by atoms with Crippen LogP contribution >= 0.6 is 11.3 Å². The van der Waals surface area contributed by atoms with E-state index in [0.29, 0.717) is 0 Å². The number of fused-ring (bicyclic) bond motifs is 2. The van der Waals surface area contributed by atoms with Crippen molar-refractivity contribution in [2.45, 2.75) is 51.1 Å². The van der Waals surface area contributed by atoms with Crippen LogP contribution in [0.2, 0.25) is 0 Å². The van der Waals surface area contributed by atoms with Crippen molar-refractivity contribution in [1.82, 2.24) is 9.97 Å². The van der Waals surface area contributed by atoms with Crippen LogP contribution < -0.4 is 10.5 Å². The van der Waals surface area contributed by atoms with Crippen LogP contribution in [0.25, 0.3) is 21.3 Å². The van der Waals surface area contributed by atoms with E-state index in [0.717, 1.165) is 45.7 Å². The van der Waals surface area contributed by atoms with E-state index in [-0.39, 0.29) is 5.56 Å². The van der Waals surface area contributed by atoms with Crippen molar-refractivity contribution in [2.24, 2.45) is 5.92 Å². The molecule has 2 fully saturated rings. The molecule has 5 rings (SSSR count). The van der Waals surface area contributed by atoms with Crippen LogP contribution in [0.5, 0.6) is 0 Å². The summed E-state index contributed by atoms with van der Waals surface area (Å²) in [4.78, 5) is 23.3. The van der Waals surface area contributed by atoms with E-state index < -0.39 is 0 Å². The van der Waals surface area contributed by atoms with Gasteiger partial charge in [-0.3, -0.25) is 4.79 Å². The SMILES string of the molecule is O=c1[nH]c(C[NH+]2CCC[C@@H]3CCCC[C@@H]32)nc2scc(-c3ccccc3)c12. The molecule has 2 aliphatic rings. The Balaban J connectivity index is 1.46. The molecule has 3 heterocycles. The summed E-state index contributed by atoms with van der Waals surface area (Å²) in [6.07, 6.45) is 8.18. The molecule has 2 aromatic heterocycles. The summed E-state index contributed by atoms with van der Waals surface area (Å²) >= 11 is 1.58. The normalized spacial score (nSPS) is 25.4. The lowest BCUT2D eigenvalue weighted by molar-refractivity contribution is -0.949. The molecule has 5 heteroatoms. The maximum absolute atomic E-state index is 12.9. The summed E-state index contributed by atoms with van der Waals surface area (Å²) in [5, 5.41) is 2.80. The molecule has 0 radical (unpaired) electrons. The topological polar surface area (TPSA) is 50.2 Å². The molecular formula is C22H26N3OS+. The number of quaternary nitrogens is 1. The molecule has 3 atom stereocenters. The molecule has 1 unspecified atom stereocenters. The van der Waals surface area contributed by atoms with Gasteiger partial charge in [-0.2, -0.15) is 0 Å². The average molecular weight is 381 g/mol. The number of likely N-dealkylation sites (tertiary alicyclic amines) is 1. The van der Waals surface area contributed by atoms with Crippen molar-refractivity contribution in [1.29, 1.82) is 0 Å². The van der Waals surface area contributed by atoms with Gasteiger partial charge in [0.25, 0.3) is 5.56 Å². The largest absolute Gasteiger partial charge is 0.326 e. The quantitative estimate of drug-likeness (QED) is 0.732. The highest BCUT2D eigenvalue weighted by molar-refractivity contribution is 7.17. The van der Waals surface area contributed by atoms with Gasteiger partial charge < -0.3 is 9.88 Å². The number of thiophene rings is 1. The molecule has 1 saturated carbocycles. The van der Waals surface area contributed by atoms with Crippen molar-refractivity contribution in [2.75, 3.05) is 6.54 Å². The number of hydrogen-bond acceptors (Lipinski definition) is 3. The lowest BCUT2D eigenvalue weighted by Gasteiger charge is -2.40. The van der Waals surface area contributed by atoms with Crippen LogP contribution in [0.4, 0.5) is 0 Å². The first-order chi connectivity index (χ1) is 13.3. The summed E-state index contributed by atoms with van der Waals surface area (Å²) in [5.74, 6) is 1.74. The lowest BCUT2D eigenvalue weighted by atomic mass is 9.78. The Bertz CT molecular complexity index is 992. The maximum Gasteiger partial charge on any atom is 0.260 e. The van der Waals surface area contributed by atoms with E-state index in [4.69, 9.17) is 4.98 Å². The molecule has 3 aromatic rings. The molecule has 4 nitrogen and oxygen atoms in total. The Labute approximate surface area is 163 Å². The first-order valence-corrected chi connectivity index (χ1v) is 11.1. The zero-order valence-corrected chi connectivity index (χ0v) is 16.4. The van der Waals surface area contributed by atoms with Crippen molar-refractivity contribution >= 4 is 21.6 Å². The molecule has 27 heavy (non-hydrogen) atoms. The number of aromatic amines is 1. The van der Waals surface area contributed by atoms with Gasteiger partial charge in [-0.1, -0.05) is 36.8 Å². The van der Waals surface area contributed by atoms with Gasteiger partial charge in [0.1, 0.15) is 11.4 Å². The predicted octanol–water partition coefficient (Wildman–Crippen LogP) is 3.39. The second kappa shape index (κ2) is 7.21. The molecule has 1 aliphatic heterocycles. The number of nitrogens with one attached hydrogen (secondary N) is 2. The average Bonchev–Trinajstić information content (AvgIpc) is 3.14. The van der Waals surface area contributed by atoms with Gasteiger partial charge in [-0.25, -0.2) is 4.98 Å². The van der Waals surface area contributed by atoms with Gasteiger partial charge in [0.2, 0.25) is 0 Å². The first-order valence-electron chi connectivity index (χ1n) is 10.2. The summed E-state index contributed by atoms with van der Waals surface area (Å²) in [6.45, 7) is 2.06. The number of hydrogen-bond donors (Lipinski definition) is 2. The lowest BCUT2D eigenvalue weighted by Crippen LogP contribution is -3.16. The molecule has 0 spiro atoms. The van der Waals surface area contributed by atoms with Crippen molar-refractivity contribution in [3.63, 3.8) is 0 Å². The van der Waals surface area contributed by atoms with Gasteiger partial charge >= 0.3 is 0 Å². The molecule has 140 valence electrons. The second-order valence-electron chi connectivity index (χ2n) is 8.09. The van der Waals surface area contributed by atoms with Crippen LogP contribution in [-0.4, -0.2) is 22.6 Å². The van der Waals surface area contributed by atoms with Crippen LogP contribution in [0.1, 0.15) is 44.3 Å². The molecule has 1 saturated heterocycles. The predicted molar refractivity (Wildman–Crippen MR) is 110 cm³/mol. The van der Waals surface area contributed by atoms with Gasteiger partial charge in [0, 0.05) is 16.9 Å². The number of rotatable bonds is 3. The highest BCUT2D eigenvalue weighted by atomic mass is 32.1. The highest BCUT2D eigenvalue weighted by Gasteiger charge is 2.36. The second-order valence-corrected chi connectivity index (χ2v) is 8.94. The van der Waals surface area contributed by atoms with Crippen LogP contribution in [-0.2, 0) is 6.54 Å². The number of aromatic nitrogens is 2. The summed E-state index contributed by atoms with van der Waals surface area (Å²) in [7, 11) is 0. The van der Waals surface area contributed by atoms with E-state index in [1.807, 2.05) is 18.2 Å². The Hall–Kier alpha value is -1.98. The van der Waals surface area contributed by atoms with E-state index in [1.165, 1.54) is 45.1 Å². The third-order valence-corrected chi connectivity index (χ3v) is 7.35. The van der Waals surface area contributed by atoms with Crippen LogP contribution in [0.3, 0.4) is 0 Å². The molecule has 1 aliphatic carbocycles. The number of H-pyrrole nitrogens is 1. The molecule has 2 N–H and O–H groups in total. The number of nitrogens with zero attached hydrogens (tertiary/aromatic N) is 1. The monoisotopic (exact) mass is 380 g/mol. The van der Waals surface area contributed by atoms with Crippen molar-refractivity contribution in [3.8, 4) is 11.1 Å². The molecular weight excluding hydrogens is 354 g/mol. The van der Waals surface area contributed by atoms with Crippen LogP contribution in [0.15, 0.2) is 40.5 Å². The summed E-state index contributed by atoms with van der Waals surface area (Å²) in [6, 6.07) is 10.9. The zero-order valence-electron chi connectivity index (χ0n) is 15.5. The Morgan fingerprint density at radius 1 is 1.11 bits per heavy atom. The standard InChI is InChI=1S/C22H25N3OS/c26-21-20-17(15-7-2-1-3-8-15)14-27-22(20)24-19(23-21)13-25-12-6-10-16-9-4-5-11-18(16)25/h1-3,7-8,14,16,18H,4-6,9-13H2,(H,23,24,26)/p+1/t16-,18-/m0/s1. The smallest absolute Gasteiger partial charge is 0.260 e. The minimum absolute atomic E-state index is 0.00621. The van der Waals surface area contributed by atoms with Gasteiger partial charge in [0.05, 0.1) is 18.0 Å². The third kappa shape index (κ3) is 3.23. The van der Waals surface area contributed by atoms with E-state index in [1.54, 1.807) is 16.2 Å². The fourth-order valence-electron chi connectivity index (χ4n) is 5.21. The Morgan fingerprint density at radius 3 is 2.81 bits per heavy atom. The van der Waals surface area contributed by atoms with E-state index in [2.05, 4.69) is 22.5 Å². The van der Waals surface area contributed by atoms with Crippen molar-refractivity contribution < 1.29 is 4.90 Å². The first kappa shape index (κ1) is 17.1. The molecule has 0 bridgehead atoms.